The van der Waals surface area contributed by atoms with Crippen LogP contribution < -0.4 is 4.74 Å². The van der Waals surface area contributed by atoms with Gasteiger partial charge in [0.2, 0.25) is 0 Å². The quantitative estimate of drug-likeness (QED) is 0.819. The Labute approximate surface area is 106 Å². The number of aromatic carboxylic acids is 1. The zero-order valence-electron chi connectivity index (χ0n) is 10.4. The Kier molecular flexibility index (Phi) is 4.87. The van der Waals surface area contributed by atoms with Crippen LogP contribution in [0.1, 0.15) is 31.1 Å². The molecule has 1 N–H and O–H groups in total. The van der Waals surface area contributed by atoms with E-state index in [1.165, 1.54) is 0 Å². The molecule has 0 bridgehead atoms. The van der Waals surface area contributed by atoms with Gasteiger partial charge in [-0.3, -0.25) is 0 Å². The van der Waals surface area contributed by atoms with Crippen molar-refractivity contribution >= 4 is 17.7 Å². The minimum atomic E-state index is -0.931. The van der Waals surface area contributed by atoms with E-state index in [1.807, 2.05) is 11.8 Å². The van der Waals surface area contributed by atoms with E-state index in [2.05, 4.69) is 20.8 Å². The fourth-order valence-corrected chi connectivity index (χ4v) is 2.01. The second-order valence-electron chi connectivity index (χ2n) is 4.64. The normalized spacial score (nSPS) is 11.2. The summed E-state index contributed by atoms with van der Waals surface area (Å²) in [6.07, 6.45) is 0. The van der Waals surface area contributed by atoms with E-state index in [0.29, 0.717) is 12.4 Å². The molecule has 0 spiro atoms. The monoisotopic (exact) mass is 254 g/mol. The number of carboxylic acids is 1. The van der Waals surface area contributed by atoms with Crippen molar-refractivity contribution in [2.24, 2.45) is 0 Å². The largest absolute Gasteiger partial charge is 0.493 e. The smallest absolute Gasteiger partial charge is 0.335 e. The maximum Gasteiger partial charge on any atom is 0.335 e. The molecule has 94 valence electrons. The van der Waals surface area contributed by atoms with E-state index in [4.69, 9.17) is 9.84 Å². The van der Waals surface area contributed by atoms with E-state index in [-0.39, 0.29) is 10.3 Å². The topological polar surface area (TPSA) is 46.5 Å². The van der Waals surface area contributed by atoms with Crippen molar-refractivity contribution < 1.29 is 14.6 Å². The van der Waals surface area contributed by atoms with Gasteiger partial charge in [0.05, 0.1) is 12.2 Å². The molecule has 0 aromatic heterocycles. The van der Waals surface area contributed by atoms with Gasteiger partial charge in [0.25, 0.3) is 0 Å². The summed E-state index contributed by atoms with van der Waals surface area (Å²) >= 11 is 1.82. The molecule has 4 heteroatoms. The van der Waals surface area contributed by atoms with Crippen LogP contribution in [0.3, 0.4) is 0 Å². The molecule has 0 fully saturated rings. The van der Waals surface area contributed by atoms with Crippen LogP contribution in [0.25, 0.3) is 0 Å². The minimum absolute atomic E-state index is 0.228. The summed E-state index contributed by atoms with van der Waals surface area (Å²) in [4.78, 5) is 10.8. The molecular weight excluding hydrogens is 236 g/mol. The second-order valence-corrected chi connectivity index (χ2v) is 6.56. The molecule has 1 aromatic carbocycles. The number of carboxylic acid groups (broad SMARTS) is 1. The van der Waals surface area contributed by atoms with Crippen LogP contribution in [0.2, 0.25) is 0 Å². The molecule has 0 radical (unpaired) electrons. The highest BCUT2D eigenvalue weighted by molar-refractivity contribution is 8.00. The van der Waals surface area contributed by atoms with Crippen molar-refractivity contribution in [2.45, 2.75) is 25.5 Å². The Morgan fingerprint density at radius 3 is 2.71 bits per heavy atom. The van der Waals surface area contributed by atoms with Gasteiger partial charge in [0.1, 0.15) is 5.75 Å². The van der Waals surface area contributed by atoms with E-state index >= 15 is 0 Å². The molecular formula is C13H18O3S. The SMILES string of the molecule is CC(C)(C)SCCOc1cccc(C(=O)O)c1. The van der Waals surface area contributed by atoms with Crippen molar-refractivity contribution in [3.05, 3.63) is 29.8 Å². The lowest BCUT2D eigenvalue weighted by Crippen LogP contribution is -2.11. The number of hydrogen-bond donors (Lipinski definition) is 1. The lowest BCUT2D eigenvalue weighted by molar-refractivity contribution is 0.0696. The standard InChI is InChI=1S/C13H18O3S/c1-13(2,3)17-8-7-16-11-6-4-5-10(9-11)12(14)15/h4-6,9H,7-8H2,1-3H3,(H,14,15). The average Bonchev–Trinajstić information content (AvgIpc) is 2.23. The molecule has 0 heterocycles. The fraction of sp³-hybridized carbons (Fsp3) is 0.462. The Bertz CT molecular complexity index is 382. The summed E-state index contributed by atoms with van der Waals surface area (Å²) in [6, 6.07) is 6.56. The van der Waals surface area contributed by atoms with Crippen LogP contribution in [0.15, 0.2) is 24.3 Å². The van der Waals surface area contributed by atoms with Gasteiger partial charge < -0.3 is 9.84 Å². The summed E-state index contributed by atoms with van der Waals surface area (Å²) in [5, 5.41) is 8.83. The van der Waals surface area contributed by atoms with Crippen LogP contribution in [-0.4, -0.2) is 28.2 Å². The van der Waals surface area contributed by atoms with Crippen LogP contribution in [0.4, 0.5) is 0 Å². The third-order valence-electron chi connectivity index (χ3n) is 1.97. The molecule has 3 nitrogen and oxygen atoms in total. The fourth-order valence-electron chi connectivity index (χ4n) is 1.23. The highest BCUT2D eigenvalue weighted by Gasteiger charge is 2.10. The number of ether oxygens (including phenoxy) is 1. The third-order valence-corrected chi connectivity index (χ3v) is 3.20. The predicted octanol–water partition coefficient (Wildman–Crippen LogP) is 3.30. The summed E-state index contributed by atoms with van der Waals surface area (Å²) in [5.41, 5.74) is 0.256. The van der Waals surface area contributed by atoms with Crippen molar-refractivity contribution in [3.63, 3.8) is 0 Å². The number of rotatable bonds is 5. The molecule has 17 heavy (non-hydrogen) atoms. The lowest BCUT2D eigenvalue weighted by Gasteiger charge is -2.17. The first-order valence-electron chi connectivity index (χ1n) is 5.48. The van der Waals surface area contributed by atoms with Crippen LogP contribution in [0, 0.1) is 0 Å². The van der Waals surface area contributed by atoms with Crippen molar-refractivity contribution in [2.75, 3.05) is 12.4 Å². The van der Waals surface area contributed by atoms with E-state index in [0.717, 1.165) is 5.75 Å². The first-order chi connectivity index (χ1) is 7.88. The maximum absolute atomic E-state index is 10.8. The van der Waals surface area contributed by atoms with Gasteiger partial charge in [-0.25, -0.2) is 4.79 Å². The molecule has 0 amide bonds. The van der Waals surface area contributed by atoms with Gasteiger partial charge >= 0.3 is 5.97 Å². The summed E-state index contributed by atoms with van der Waals surface area (Å²) in [7, 11) is 0. The predicted molar refractivity (Wildman–Crippen MR) is 71.1 cm³/mol. The van der Waals surface area contributed by atoms with Crippen molar-refractivity contribution in [1.82, 2.24) is 0 Å². The van der Waals surface area contributed by atoms with Gasteiger partial charge in [-0.1, -0.05) is 26.8 Å². The highest BCUT2D eigenvalue weighted by Crippen LogP contribution is 2.23. The van der Waals surface area contributed by atoms with Gasteiger partial charge in [-0.15, -0.1) is 0 Å². The van der Waals surface area contributed by atoms with Gasteiger partial charge in [-0.2, -0.15) is 11.8 Å². The van der Waals surface area contributed by atoms with Gasteiger partial charge in [0.15, 0.2) is 0 Å². The number of thioether (sulfide) groups is 1. The highest BCUT2D eigenvalue weighted by atomic mass is 32.2. The second kappa shape index (κ2) is 5.96. The molecule has 1 aromatic rings. The van der Waals surface area contributed by atoms with Crippen LogP contribution in [0.5, 0.6) is 5.75 Å². The van der Waals surface area contributed by atoms with Gasteiger partial charge in [0, 0.05) is 10.5 Å². The number of benzene rings is 1. The zero-order valence-corrected chi connectivity index (χ0v) is 11.2. The summed E-state index contributed by atoms with van der Waals surface area (Å²) in [5.74, 6) is 0.569. The third kappa shape index (κ3) is 5.63. The van der Waals surface area contributed by atoms with E-state index in [1.54, 1.807) is 24.3 Å². The van der Waals surface area contributed by atoms with Crippen LogP contribution in [-0.2, 0) is 0 Å². The zero-order chi connectivity index (χ0) is 12.9. The Morgan fingerprint density at radius 2 is 2.12 bits per heavy atom. The molecule has 0 aliphatic rings. The molecule has 0 aliphatic heterocycles. The van der Waals surface area contributed by atoms with E-state index < -0.39 is 5.97 Å². The Morgan fingerprint density at radius 1 is 1.41 bits per heavy atom. The molecule has 0 aliphatic carbocycles. The number of hydrogen-bond acceptors (Lipinski definition) is 3. The molecule has 1 rings (SSSR count). The molecule has 0 saturated heterocycles. The maximum atomic E-state index is 10.8. The Hall–Kier alpha value is -1.16. The minimum Gasteiger partial charge on any atom is -0.493 e. The summed E-state index contributed by atoms with van der Waals surface area (Å²) < 4.78 is 5.74. The first-order valence-corrected chi connectivity index (χ1v) is 6.47. The molecule has 0 atom stereocenters. The summed E-state index contributed by atoms with van der Waals surface area (Å²) in [6.45, 7) is 7.05. The van der Waals surface area contributed by atoms with Crippen molar-refractivity contribution in [3.8, 4) is 5.75 Å². The molecule has 0 unspecified atom stereocenters. The average molecular weight is 254 g/mol. The van der Waals surface area contributed by atoms with Gasteiger partial charge in [-0.05, 0) is 18.2 Å². The number of carbonyl (C=O) groups is 1. The van der Waals surface area contributed by atoms with Crippen molar-refractivity contribution in [1.29, 1.82) is 0 Å². The first kappa shape index (κ1) is 13.9. The lowest BCUT2D eigenvalue weighted by atomic mass is 10.2. The molecule has 0 saturated carbocycles. The van der Waals surface area contributed by atoms with E-state index in [9.17, 15) is 4.79 Å². The van der Waals surface area contributed by atoms with Crippen LogP contribution >= 0.6 is 11.8 Å². The Balaban J connectivity index is 2.42.